The number of hydrogen-bond donors (Lipinski definition) is 1. The molecule has 1 fully saturated rings. The summed E-state index contributed by atoms with van der Waals surface area (Å²) in [7, 11) is 0. The molecule has 1 N–H and O–H groups in total. The van der Waals surface area contributed by atoms with E-state index >= 15 is 0 Å². The van der Waals surface area contributed by atoms with Gasteiger partial charge in [0.25, 0.3) is 0 Å². The number of H-pyrrole nitrogens is 1. The van der Waals surface area contributed by atoms with Crippen LogP contribution in [0.2, 0.25) is 0 Å². The molecule has 0 atom stereocenters. The van der Waals surface area contributed by atoms with Crippen LogP contribution < -0.4 is 5.76 Å². The number of aromatic nitrogens is 2. The quantitative estimate of drug-likeness (QED) is 0.735. The Balaban J connectivity index is 1.91. The van der Waals surface area contributed by atoms with E-state index in [2.05, 4.69) is 17.1 Å². The van der Waals surface area contributed by atoms with Crippen LogP contribution >= 0.6 is 0 Å². The van der Waals surface area contributed by atoms with Crippen LogP contribution in [0, 0.1) is 5.41 Å². The first-order valence-electron chi connectivity index (χ1n) is 4.22. The van der Waals surface area contributed by atoms with Crippen LogP contribution in [0.25, 0.3) is 0 Å². The maximum Gasteiger partial charge on any atom is 0.434 e. The van der Waals surface area contributed by atoms with Crippen molar-refractivity contribution in [3.8, 4) is 0 Å². The summed E-state index contributed by atoms with van der Waals surface area (Å²) in [6.45, 7) is 2.25. The molecule has 1 saturated carbocycles. The van der Waals surface area contributed by atoms with Crippen LogP contribution in [-0.4, -0.2) is 10.2 Å². The van der Waals surface area contributed by atoms with Gasteiger partial charge in [-0.25, -0.2) is 9.89 Å². The summed E-state index contributed by atoms with van der Waals surface area (Å²) in [5, 5.41) is 6.00. The maximum atomic E-state index is 10.5. The van der Waals surface area contributed by atoms with E-state index in [4.69, 9.17) is 4.42 Å². The minimum atomic E-state index is -0.453. The molecule has 1 heterocycles. The molecule has 0 aliphatic heterocycles. The van der Waals surface area contributed by atoms with Gasteiger partial charge in [-0.2, -0.15) is 0 Å². The molecule has 1 aromatic rings. The molecule has 4 nitrogen and oxygen atoms in total. The van der Waals surface area contributed by atoms with E-state index in [0.29, 0.717) is 11.3 Å². The van der Waals surface area contributed by atoms with Gasteiger partial charge in [0.15, 0.2) is 0 Å². The zero-order valence-electron chi connectivity index (χ0n) is 7.09. The summed E-state index contributed by atoms with van der Waals surface area (Å²) in [4.78, 5) is 10.5. The third kappa shape index (κ3) is 1.57. The van der Waals surface area contributed by atoms with Gasteiger partial charge in [-0.05, 0) is 24.7 Å². The van der Waals surface area contributed by atoms with Crippen LogP contribution in [0.5, 0.6) is 0 Å². The van der Waals surface area contributed by atoms with Gasteiger partial charge in [-0.15, -0.1) is 5.10 Å². The highest BCUT2D eigenvalue weighted by Gasteiger charge is 2.36. The van der Waals surface area contributed by atoms with Gasteiger partial charge in [-0.3, -0.25) is 0 Å². The Morgan fingerprint density at radius 3 is 2.92 bits per heavy atom. The molecule has 0 unspecified atom stereocenters. The number of hydrogen-bond acceptors (Lipinski definition) is 3. The average Bonchev–Trinajstić information content (AvgIpc) is 2.60. The van der Waals surface area contributed by atoms with Crippen molar-refractivity contribution < 1.29 is 4.42 Å². The zero-order valence-corrected chi connectivity index (χ0v) is 7.09. The topological polar surface area (TPSA) is 58.9 Å². The van der Waals surface area contributed by atoms with Crippen LogP contribution in [0.4, 0.5) is 0 Å². The Bertz CT molecular complexity index is 322. The lowest BCUT2D eigenvalue weighted by atomic mass is 10.0. The Morgan fingerprint density at radius 1 is 1.67 bits per heavy atom. The molecule has 0 aromatic carbocycles. The fourth-order valence-electron chi connectivity index (χ4n) is 1.24. The molecule has 12 heavy (non-hydrogen) atoms. The van der Waals surface area contributed by atoms with Gasteiger partial charge >= 0.3 is 5.76 Å². The highest BCUT2D eigenvalue weighted by atomic mass is 16.4. The van der Waals surface area contributed by atoms with Crippen LogP contribution in [0.1, 0.15) is 32.1 Å². The molecular formula is C8H12N2O2. The van der Waals surface area contributed by atoms with Crippen molar-refractivity contribution in [1.82, 2.24) is 10.2 Å². The standard InChI is InChI=1S/C8H12N2O2/c1-8(4-5-8)3-2-6-9-10-7(11)12-6/h2-5H2,1H3,(H,10,11). The van der Waals surface area contributed by atoms with Gasteiger partial charge in [0.1, 0.15) is 0 Å². The molecule has 1 aromatic heterocycles. The molecule has 4 heteroatoms. The summed E-state index contributed by atoms with van der Waals surface area (Å²) in [5.74, 6) is 0.0825. The van der Waals surface area contributed by atoms with Gasteiger partial charge in [0, 0.05) is 6.42 Å². The van der Waals surface area contributed by atoms with Crippen molar-refractivity contribution >= 4 is 0 Å². The summed E-state index contributed by atoms with van der Waals surface area (Å²) in [6, 6.07) is 0. The molecule has 0 radical (unpaired) electrons. The predicted octanol–water partition coefficient (Wildman–Crippen LogP) is 1.10. The van der Waals surface area contributed by atoms with E-state index in [1.54, 1.807) is 0 Å². The SMILES string of the molecule is CC1(CCc2n[nH]c(=O)o2)CC1. The highest BCUT2D eigenvalue weighted by Crippen LogP contribution is 2.48. The Labute approximate surface area is 70.0 Å². The lowest BCUT2D eigenvalue weighted by Gasteiger charge is -2.02. The molecule has 0 bridgehead atoms. The molecule has 0 amide bonds. The number of aryl methyl sites for hydroxylation is 1. The van der Waals surface area contributed by atoms with Crippen molar-refractivity contribution in [3.63, 3.8) is 0 Å². The number of nitrogens with zero attached hydrogens (tertiary/aromatic N) is 1. The van der Waals surface area contributed by atoms with Crippen molar-refractivity contribution in [1.29, 1.82) is 0 Å². The fourth-order valence-corrected chi connectivity index (χ4v) is 1.24. The number of aromatic amines is 1. The van der Waals surface area contributed by atoms with Crippen LogP contribution in [0.3, 0.4) is 0 Å². The molecule has 2 rings (SSSR count). The largest absolute Gasteiger partial charge is 0.434 e. The normalized spacial score (nSPS) is 19.4. The first-order valence-corrected chi connectivity index (χ1v) is 4.22. The second-order valence-electron chi connectivity index (χ2n) is 3.82. The summed E-state index contributed by atoms with van der Waals surface area (Å²) in [6.07, 6.45) is 4.43. The Kier molecular flexibility index (Phi) is 1.56. The summed E-state index contributed by atoms with van der Waals surface area (Å²) >= 11 is 0. The number of nitrogens with one attached hydrogen (secondary N) is 1. The third-order valence-electron chi connectivity index (χ3n) is 2.53. The van der Waals surface area contributed by atoms with Crippen LogP contribution in [0.15, 0.2) is 9.21 Å². The molecule has 1 aliphatic carbocycles. The van der Waals surface area contributed by atoms with Crippen molar-refractivity contribution in [2.45, 2.75) is 32.6 Å². The van der Waals surface area contributed by atoms with Crippen molar-refractivity contribution in [2.75, 3.05) is 0 Å². The van der Waals surface area contributed by atoms with E-state index in [1.807, 2.05) is 0 Å². The second-order valence-corrected chi connectivity index (χ2v) is 3.82. The predicted molar refractivity (Wildman–Crippen MR) is 42.8 cm³/mol. The Hall–Kier alpha value is -1.06. The molecule has 1 aliphatic rings. The molecule has 66 valence electrons. The Morgan fingerprint density at radius 2 is 2.42 bits per heavy atom. The molecule has 0 spiro atoms. The minimum Gasteiger partial charge on any atom is -0.393 e. The monoisotopic (exact) mass is 168 g/mol. The van der Waals surface area contributed by atoms with Crippen molar-refractivity contribution in [2.24, 2.45) is 5.41 Å². The minimum absolute atomic E-state index is 0.453. The van der Waals surface area contributed by atoms with Gasteiger partial charge < -0.3 is 4.42 Å². The number of rotatable bonds is 3. The maximum absolute atomic E-state index is 10.5. The molecular weight excluding hydrogens is 156 g/mol. The highest BCUT2D eigenvalue weighted by molar-refractivity contribution is 4.91. The summed E-state index contributed by atoms with van der Waals surface area (Å²) in [5.41, 5.74) is 0.498. The van der Waals surface area contributed by atoms with Crippen molar-refractivity contribution in [3.05, 3.63) is 16.4 Å². The lowest BCUT2D eigenvalue weighted by molar-refractivity contribution is 0.423. The first kappa shape index (κ1) is 7.58. The van der Waals surface area contributed by atoms with Gasteiger partial charge in [-0.1, -0.05) is 6.92 Å². The molecule has 0 saturated heterocycles. The van der Waals surface area contributed by atoms with E-state index in [-0.39, 0.29) is 0 Å². The third-order valence-corrected chi connectivity index (χ3v) is 2.53. The first-order chi connectivity index (χ1) is 5.68. The van der Waals surface area contributed by atoms with E-state index in [1.165, 1.54) is 12.8 Å². The zero-order chi connectivity index (χ0) is 8.60. The second kappa shape index (κ2) is 2.47. The van der Waals surface area contributed by atoms with Gasteiger partial charge in [0.05, 0.1) is 0 Å². The van der Waals surface area contributed by atoms with Gasteiger partial charge in [0.2, 0.25) is 5.89 Å². The van der Waals surface area contributed by atoms with E-state index < -0.39 is 5.76 Å². The smallest absolute Gasteiger partial charge is 0.393 e. The van der Waals surface area contributed by atoms with E-state index in [9.17, 15) is 4.79 Å². The lowest BCUT2D eigenvalue weighted by Crippen LogP contribution is -1.96. The van der Waals surface area contributed by atoms with Crippen LogP contribution in [-0.2, 0) is 6.42 Å². The van der Waals surface area contributed by atoms with E-state index in [0.717, 1.165) is 12.8 Å². The average molecular weight is 168 g/mol. The fraction of sp³-hybridized carbons (Fsp3) is 0.750. The summed E-state index contributed by atoms with van der Waals surface area (Å²) < 4.78 is 4.78.